The zero-order valence-electron chi connectivity index (χ0n) is 13.2. The second-order valence-electron chi connectivity index (χ2n) is 6.40. The largest absolute Gasteiger partial charge is 0.289 e. The Kier molecular flexibility index (Phi) is 4.52. The number of rotatable bonds is 3. The van der Waals surface area contributed by atoms with Crippen LogP contribution in [0.25, 0.3) is 0 Å². The maximum atomic E-state index is 13.0. The van der Waals surface area contributed by atoms with Gasteiger partial charge in [-0.1, -0.05) is 57.2 Å². The van der Waals surface area contributed by atoms with Crippen LogP contribution in [0.3, 0.4) is 0 Å². The van der Waals surface area contributed by atoms with Crippen LogP contribution in [-0.4, -0.2) is 11.0 Å². The predicted molar refractivity (Wildman–Crippen MR) is 89.9 cm³/mol. The van der Waals surface area contributed by atoms with E-state index >= 15 is 0 Å². The summed E-state index contributed by atoms with van der Waals surface area (Å²) >= 11 is 5.65. The Morgan fingerprint density at radius 2 is 1.50 bits per heavy atom. The third-order valence-corrected chi connectivity index (χ3v) is 3.89. The molecule has 2 aromatic rings. The summed E-state index contributed by atoms with van der Waals surface area (Å²) in [6, 6.07) is 12.7. The smallest absolute Gasteiger partial charge is 0.253 e. The molecule has 0 atom stereocenters. The minimum Gasteiger partial charge on any atom is -0.289 e. The van der Waals surface area contributed by atoms with Crippen molar-refractivity contribution in [3.05, 3.63) is 70.3 Å². The number of carbonyl (C=O) groups excluding carboxylic acids is 2. The molecule has 2 nitrogen and oxygen atoms in total. The summed E-state index contributed by atoms with van der Waals surface area (Å²) in [6.07, 6.45) is 0. The summed E-state index contributed by atoms with van der Waals surface area (Å²) in [5.41, 5.74) is 2.80. The second kappa shape index (κ2) is 6.05. The lowest BCUT2D eigenvalue weighted by Gasteiger charge is -2.23. The molecule has 0 saturated heterocycles. The lowest BCUT2D eigenvalue weighted by molar-refractivity contribution is 0.102. The van der Waals surface area contributed by atoms with E-state index in [9.17, 15) is 9.59 Å². The van der Waals surface area contributed by atoms with Gasteiger partial charge in [-0.2, -0.15) is 0 Å². The third kappa shape index (κ3) is 3.12. The first-order valence-electron chi connectivity index (χ1n) is 7.17. The number of ketones is 1. The molecule has 0 aliphatic heterocycles. The second-order valence-corrected chi connectivity index (χ2v) is 6.74. The van der Waals surface area contributed by atoms with E-state index in [1.54, 1.807) is 18.2 Å². The summed E-state index contributed by atoms with van der Waals surface area (Å²) in [7, 11) is 0. The highest BCUT2D eigenvalue weighted by Gasteiger charge is 2.25. The molecule has 22 heavy (non-hydrogen) atoms. The molecular weight excluding hydrogens is 296 g/mol. The lowest BCUT2D eigenvalue weighted by atomic mass is 9.81. The van der Waals surface area contributed by atoms with E-state index in [2.05, 4.69) is 20.8 Å². The zero-order valence-corrected chi connectivity index (χ0v) is 14.0. The van der Waals surface area contributed by atoms with Crippen LogP contribution in [0.1, 0.15) is 58.2 Å². The molecule has 0 bridgehead atoms. The molecule has 0 heterocycles. The maximum absolute atomic E-state index is 13.0. The Labute approximate surface area is 136 Å². The summed E-state index contributed by atoms with van der Waals surface area (Å²) in [6.45, 7) is 8.00. The highest BCUT2D eigenvalue weighted by Crippen LogP contribution is 2.29. The van der Waals surface area contributed by atoms with Gasteiger partial charge in [-0.3, -0.25) is 9.59 Å². The molecule has 0 amide bonds. The summed E-state index contributed by atoms with van der Waals surface area (Å²) in [5, 5.41) is -0.611. The first-order valence-corrected chi connectivity index (χ1v) is 7.55. The van der Waals surface area contributed by atoms with E-state index in [0.717, 1.165) is 11.1 Å². The molecule has 0 aromatic heterocycles. The first kappa shape index (κ1) is 16.4. The van der Waals surface area contributed by atoms with Crippen LogP contribution in [0.5, 0.6) is 0 Å². The van der Waals surface area contributed by atoms with E-state index in [-0.39, 0.29) is 16.8 Å². The van der Waals surface area contributed by atoms with E-state index < -0.39 is 5.24 Å². The molecule has 2 aromatic carbocycles. The van der Waals surface area contributed by atoms with Gasteiger partial charge in [0, 0.05) is 16.7 Å². The van der Waals surface area contributed by atoms with Crippen LogP contribution in [0, 0.1) is 6.92 Å². The van der Waals surface area contributed by atoms with E-state index in [1.807, 2.05) is 31.2 Å². The monoisotopic (exact) mass is 314 g/mol. The molecule has 0 N–H and O–H groups in total. The van der Waals surface area contributed by atoms with Crippen molar-refractivity contribution in [2.75, 3.05) is 0 Å². The molecule has 0 saturated carbocycles. The molecule has 2 rings (SSSR count). The number of benzene rings is 2. The number of hydrogen-bond donors (Lipinski definition) is 0. The van der Waals surface area contributed by atoms with Gasteiger partial charge in [-0.25, -0.2) is 0 Å². The molecule has 3 heteroatoms. The fourth-order valence-electron chi connectivity index (χ4n) is 2.60. The number of halogens is 1. The fourth-order valence-corrected chi connectivity index (χ4v) is 2.76. The molecule has 114 valence electrons. The van der Waals surface area contributed by atoms with Crippen LogP contribution in [0.15, 0.2) is 42.5 Å². The van der Waals surface area contributed by atoms with Gasteiger partial charge in [-0.15, -0.1) is 0 Å². The minimum atomic E-state index is -0.611. The van der Waals surface area contributed by atoms with Crippen molar-refractivity contribution in [1.82, 2.24) is 0 Å². The van der Waals surface area contributed by atoms with Gasteiger partial charge in [0.05, 0.1) is 0 Å². The van der Waals surface area contributed by atoms with Gasteiger partial charge < -0.3 is 0 Å². The molecule has 0 fully saturated rings. The topological polar surface area (TPSA) is 34.1 Å². The first-order chi connectivity index (χ1) is 10.2. The normalized spacial score (nSPS) is 11.3. The molecule has 0 aliphatic rings. The van der Waals surface area contributed by atoms with Crippen molar-refractivity contribution < 1.29 is 9.59 Å². The zero-order chi connectivity index (χ0) is 16.5. The van der Waals surface area contributed by atoms with Crippen molar-refractivity contribution in [3.63, 3.8) is 0 Å². The van der Waals surface area contributed by atoms with Crippen LogP contribution in [-0.2, 0) is 5.41 Å². The van der Waals surface area contributed by atoms with E-state index in [0.29, 0.717) is 11.1 Å². The third-order valence-electron chi connectivity index (χ3n) is 3.69. The van der Waals surface area contributed by atoms with Crippen molar-refractivity contribution in [3.8, 4) is 0 Å². The number of carbonyl (C=O) groups is 2. The van der Waals surface area contributed by atoms with Gasteiger partial charge in [-0.05, 0) is 41.1 Å². The lowest BCUT2D eigenvalue weighted by Crippen LogP contribution is -2.19. The molecule has 0 radical (unpaired) electrons. The Morgan fingerprint density at radius 3 is 2.09 bits per heavy atom. The average molecular weight is 315 g/mol. The SMILES string of the molecule is Cc1cccc(C(=O)Cl)c1C(=O)c1ccccc1C(C)(C)C. The Bertz CT molecular complexity index is 739. The van der Waals surface area contributed by atoms with Gasteiger partial charge in [0.1, 0.15) is 0 Å². The maximum Gasteiger partial charge on any atom is 0.253 e. The van der Waals surface area contributed by atoms with Crippen LogP contribution in [0.4, 0.5) is 0 Å². The Hall–Kier alpha value is -1.93. The van der Waals surface area contributed by atoms with Crippen molar-refractivity contribution in [1.29, 1.82) is 0 Å². The van der Waals surface area contributed by atoms with Gasteiger partial charge in [0.25, 0.3) is 5.24 Å². The molecule has 0 unspecified atom stereocenters. The Morgan fingerprint density at radius 1 is 0.909 bits per heavy atom. The van der Waals surface area contributed by atoms with Crippen molar-refractivity contribution in [2.24, 2.45) is 0 Å². The van der Waals surface area contributed by atoms with Crippen molar-refractivity contribution >= 4 is 22.6 Å². The quantitative estimate of drug-likeness (QED) is 0.596. The summed E-state index contributed by atoms with van der Waals surface area (Å²) in [5.74, 6) is -0.160. The van der Waals surface area contributed by atoms with Crippen LogP contribution in [0.2, 0.25) is 0 Å². The van der Waals surface area contributed by atoms with Gasteiger partial charge in [0.2, 0.25) is 0 Å². The molecule has 0 spiro atoms. The Balaban J connectivity index is 2.68. The summed E-state index contributed by atoms with van der Waals surface area (Å²) in [4.78, 5) is 24.7. The van der Waals surface area contributed by atoms with Gasteiger partial charge in [0.15, 0.2) is 5.78 Å². The highest BCUT2D eigenvalue weighted by atomic mass is 35.5. The number of aryl methyl sites for hydroxylation is 1. The van der Waals surface area contributed by atoms with Crippen LogP contribution < -0.4 is 0 Å². The highest BCUT2D eigenvalue weighted by molar-refractivity contribution is 6.68. The van der Waals surface area contributed by atoms with E-state index in [1.165, 1.54) is 0 Å². The molecule has 0 aliphatic carbocycles. The van der Waals surface area contributed by atoms with Crippen molar-refractivity contribution in [2.45, 2.75) is 33.1 Å². The molecular formula is C19H19ClO2. The van der Waals surface area contributed by atoms with E-state index in [4.69, 9.17) is 11.6 Å². The number of hydrogen-bond acceptors (Lipinski definition) is 2. The van der Waals surface area contributed by atoms with Gasteiger partial charge >= 0.3 is 0 Å². The van der Waals surface area contributed by atoms with Crippen LogP contribution >= 0.6 is 11.6 Å². The summed E-state index contributed by atoms with van der Waals surface area (Å²) < 4.78 is 0. The average Bonchev–Trinajstić information content (AvgIpc) is 2.45. The fraction of sp³-hybridized carbons (Fsp3) is 0.263. The standard InChI is InChI=1S/C19H19ClO2/c1-12-8-7-10-14(18(20)22)16(12)17(21)13-9-5-6-11-15(13)19(2,3)4/h5-11H,1-4H3. The predicted octanol–water partition coefficient (Wildman–Crippen LogP) is 4.90. The minimum absolute atomic E-state index is 0.160.